The number of carbonyl (C=O) groups is 2. The fraction of sp³-hybridized carbons (Fsp3) is 0.286. The van der Waals surface area contributed by atoms with Crippen LogP contribution >= 0.6 is 0 Å². The molecule has 18 heavy (non-hydrogen) atoms. The minimum absolute atomic E-state index is 0.156. The van der Waals surface area contributed by atoms with Gasteiger partial charge in [-0.05, 0) is 42.7 Å². The number of rotatable bonds is 3. The summed E-state index contributed by atoms with van der Waals surface area (Å²) in [6.45, 7) is 2.67. The monoisotopic (exact) mass is 245 g/mol. The molecule has 4 nitrogen and oxygen atoms in total. The standard InChI is InChI=1S/C14H15NO3/c1-10-9-12(15-8-2-3-13(15)16)6-4-11(10)5-7-14(17)18/h4-7,9H,2-3,8H2,1H3,(H,17,18)/b7-5+. The zero-order valence-electron chi connectivity index (χ0n) is 10.2. The first-order valence-corrected chi connectivity index (χ1v) is 5.90. The summed E-state index contributed by atoms with van der Waals surface area (Å²) < 4.78 is 0. The Bertz CT molecular complexity index is 520. The smallest absolute Gasteiger partial charge is 0.328 e. The number of anilines is 1. The summed E-state index contributed by atoms with van der Waals surface area (Å²) in [7, 11) is 0. The molecule has 1 aromatic carbocycles. The zero-order chi connectivity index (χ0) is 13.1. The number of aryl methyl sites for hydroxylation is 1. The molecule has 0 bridgehead atoms. The number of benzene rings is 1. The highest BCUT2D eigenvalue weighted by atomic mass is 16.4. The first-order valence-electron chi connectivity index (χ1n) is 5.90. The first-order chi connectivity index (χ1) is 8.58. The number of hydrogen-bond donors (Lipinski definition) is 1. The van der Waals surface area contributed by atoms with Gasteiger partial charge in [0.15, 0.2) is 0 Å². The number of hydrogen-bond acceptors (Lipinski definition) is 2. The number of amides is 1. The van der Waals surface area contributed by atoms with Crippen LogP contribution < -0.4 is 4.90 Å². The van der Waals surface area contributed by atoms with Gasteiger partial charge in [-0.25, -0.2) is 4.79 Å². The molecule has 4 heteroatoms. The van der Waals surface area contributed by atoms with Gasteiger partial charge in [0.25, 0.3) is 0 Å². The Hall–Kier alpha value is -2.10. The number of carbonyl (C=O) groups excluding carboxylic acids is 1. The highest BCUT2D eigenvalue weighted by molar-refractivity contribution is 5.95. The van der Waals surface area contributed by atoms with E-state index in [2.05, 4.69) is 0 Å². The third kappa shape index (κ3) is 2.59. The lowest BCUT2D eigenvalue weighted by Crippen LogP contribution is -2.23. The van der Waals surface area contributed by atoms with Gasteiger partial charge in [0.1, 0.15) is 0 Å². The van der Waals surface area contributed by atoms with Crippen molar-refractivity contribution < 1.29 is 14.7 Å². The van der Waals surface area contributed by atoms with E-state index in [9.17, 15) is 9.59 Å². The quantitative estimate of drug-likeness (QED) is 0.831. The SMILES string of the molecule is Cc1cc(N2CCCC2=O)ccc1/C=C/C(=O)O. The van der Waals surface area contributed by atoms with Gasteiger partial charge in [0.05, 0.1) is 0 Å². The molecule has 0 aromatic heterocycles. The Morgan fingerprint density at radius 2 is 2.22 bits per heavy atom. The third-order valence-corrected chi connectivity index (χ3v) is 3.04. The van der Waals surface area contributed by atoms with E-state index in [1.54, 1.807) is 11.0 Å². The fourth-order valence-electron chi connectivity index (χ4n) is 2.10. The van der Waals surface area contributed by atoms with Gasteiger partial charge in [-0.2, -0.15) is 0 Å². The summed E-state index contributed by atoms with van der Waals surface area (Å²) in [5, 5.41) is 8.59. The number of carboxylic acid groups (broad SMARTS) is 1. The van der Waals surface area contributed by atoms with Crippen LogP contribution in [0.3, 0.4) is 0 Å². The largest absolute Gasteiger partial charge is 0.478 e. The van der Waals surface area contributed by atoms with Crippen LogP contribution in [-0.4, -0.2) is 23.5 Å². The molecule has 1 N–H and O–H groups in total. The lowest BCUT2D eigenvalue weighted by molar-refractivity contribution is -0.131. The summed E-state index contributed by atoms with van der Waals surface area (Å²) in [6, 6.07) is 5.62. The first kappa shape index (κ1) is 12.4. The number of nitrogens with zero attached hydrogens (tertiary/aromatic N) is 1. The average Bonchev–Trinajstić information content (AvgIpc) is 2.73. The number of carboxylic acids is 1. The summed E-state index contributed by atoms with van der Waals surface area (Å²) in [5.74, 6) is -0.809. The van der Waals surface area contributed by atoms with E-state index >= 15 is 0 Å². The number of aliphatic carboxylic acids is 1. The Balaban J connectivity index is 2.24. The van der Waals surface area contributed by atoms with Crippen molar-refractivity contribution >= 4 is 23.6 Å². The maximum Gasteiger partial charge on any atom is 0.328 e. The molecule has 1 aliphatic rings. The van der Waals surface area contributed by atoms with Crippen LogP contribution in [0.2, 0.25) is 0 Å². The van der Waals surface area contributed by atoms with Crippen molar-refractivity contribution in [3.8, 4) is 0 Å². The molecular weight excluding hydrogens is 230 g/mol. The Labute approximate surface area is 106 Å². The molecule has 1 amide bonds. The molecule has 0 radical (unpaired) electrons. The van der Waals surface area contributed by atoms with Gasteiger partial charge in [0.2, 0.25) is 5.91 Å². The molecule has 1 aromatic rings. The van der Waals surface area contributed by atoms with Gasteiger partial charge in [0, 0.05) is 24.7 Å². The summed E-state index contributed by atoms with van der Waals surface area (Å²) in [4.78, 5) is 23.9. The second kappa shape index (κ2) is 5.04. The molecule has 1 heterocycles. The predicted molar refractivity (Wildman–Crippen MR) is 69.4 cm³/mol. The topological polar surface area (TPSA) is 57.6 Å². The van der Waals surface area contributed by atoms with Crippen molar-refractivity contribution in [1.29, 1.82) is 0 Å². The Kier molecular flexibility index (Phi) is 3.46. The van der Waals surface area contributed by atoms with Crippen LogP contribution in [0.4, 0.5) is 5.69 Å². The second-order valence-corrected chi connectivity index (χ2v) is 4.36. The Morgan fingerprint density at radius 1 is 1.44 bits per heavy atom. The lowest BCUT2D eigenvalue weighted by Gasteiger charge is -2.16. The maximum atomic E-state index is 11.6. The molecule has 2 rings (SSSR count). The van der Waals surface area contributed by atoms with Crippen molar-refractivity contribution in [2.75, 3.05) is 11.4 Å². The molecule has 0 unspecified atom stereocenters. The van der Waals surface area contributed by atoms with Gasteiger partial charge in [-0.3, -0.25) is 4.79 Å². The van der Waals surface area contributed by atoms with E-state index in [1.807, 2.05) is 25.1 Å². The van der Waals surface area contributed by atoms with Crippen LogP contribution in [0, 0.1) is 6.92 Å². The predicted octanol–water partition coefficient (Wildman–Crippen LogP) is 2.22. The van der Waals surface area contributed by atoms with E-state index in [-0.39, 0.29) is 5.91 Å². The molecule has 1 fully saturated rings. The van der Waals surface area contributed by atoms with Crippen molar-refractivity contribution in [2.45, 2.75) is 19.8 Å². The van der Waals surface area contributed by atoms with Crippen molar-refractivity contribution in [2.24, 2.45) is 0 Å². The molecule has 0 saturated carbocycles. The summed E-state index contributed by atoms with van der Waals surface area (Å²) >= 11 is 0. The molecule has 1 saturated heterocycles. The summed E-state index contributed by atoms with van der Waals surface area (Å²) in [6.07, 6.45) is 4.19. The molecule has 0 atom stereocenters. The van der Waals surface area contributed by atoms with Crippen molar-refractivity contribution in [3.05, 3.63) is 35.4 Å². The van der Waals surface area contributed by atoms with Crippen LogP contribution in [-0.2, 0) is 9.59 Å². The van der Waals surface area contributed by atoms with E-state index in [1.165, 1.54) is 0 Å². The summed E-state index contributed by atoms with van der Waals surface area (Å²) in [5.41, 5.74) is 2.71. The van der Waals surface area contributed by atoms with E-state index in [4.69, 9.17) is 5.11 Å². The molecule has 0 aliphatic carbocycles. The molecule has 0 spiro atoms. The van der Waals surface area contributed by atoms with Gasteiger partial charge >= 0.3 is 5.97 Å². The zero-order valence-corrected chi connectivity index (χ0v) is 10.2. The van der Waals surface area contributed by atoms with Crippen molar-refractivity contribution in [3.63, 3.8) is 0 Å². The van der Waals surface area contributed by atoms with Crippen LogP contribution in [0.15, 0.2) is 24.3 Å². The maximum absolute atomic E-state index is 11.6. The highest BCUT2D eigenvalue weighted by Crippen LogP contribution is 2.24. The molecule has 94 valence electrons. The molecular formula is C14H15NO3. The molecule has 1 aliphatic heterocycles. The minimum atomic E-state index is -0.965. The lowest BCUT2D eigenvalue weighted by atomic mass is 10.1. The third-order valence-electron chi connectivity index (χ3n) is 3.04. The van der Waals surface area contributed by atoms with Gasteiger partial charge < -0.3 is 10.0 Å². The van der Waals surface area contributed by atoms with Gasteiger partial charge in [-0.1, -0.05) is 6.07 Å². The van der Waals surface area contributed by atoms with Crippen LogP contribution in [0.25, 0.3) is 6.08 Å². The fourth-order valence-corrected chi connectivity index (χ4v) is 2.10. The highest BCUT2D eigenvalue weighted by Gasteiger charge is 2.21. The minimum Gasteiger partial charge on any atom is -0.478 e. The van der Waals surface area contributed by atoms with Gasteiger partial charge in [-0.15, -0.1) is 0 Å². The van der Waals surface area contributed by atoms with Crippen LogP contribution in [0.5, 0.6) is 0 Å². The van der Waals surface area contributed by atoms with E-state index < -0.39 is 5.97 Å². The average molecular weight is 245 g/mol. The van der Waals surface area contributed by atoms with E-state index in [0.29, 0.717) is 6.42 Å². The normalized spacial score (nSPS) is 15.6. The second-order valence-electron chi connectivity index (χ2n) is 4.36. The van der Waals surface area contributed by atoms with E-state index in [0.717, 1.165) is 35.9 Å². The van der Waals surface area contributed by atoms with Crippen molar-refractivity contribution in [1.82, 2.24) is 0 Å². The Morgan fingerprint density at radius 3 is 2.78 bits per heavy atom. The van der Waals surface area contributed by atoms with Crippen LogP contribution in [0.1, 0.15) is 24.0 Å².